The quantitative estimate of drug-likeness (QED) is 0.641. The van der Waals surface area contributed by atoms with E-state index in [2.05, 4.69) is 5.32 Å². The lowest BCUT2D eigenvalue weighted by molar-refractivity contribution is -0.153. The number of carbonyl (C=O) groups is 2. The van der Waals surface area contributed by atoms with E-state index in [0.717, 1.165) is 25.7 Å². The first kappa shape index (κ1) is 14.9. The topological polar surface area (TPSA) is 55.4 Å². The molecule has 0 aromatic heterocycles. The monoisotopic (exact) mass is 307 g/mol. The van der Waals surface area contributed by atoms with E-state index >= 15 is 0 Å². The zero-order valence-corrected chi connectivity index (χ0v) is 12.5. The lowest BCUT2D eigenvalue weighted by Crippen LogP contribution is -2.39. The highest BCUT2D eigenvalue weighted by Gasteiger charge is 2.69. The average molecular weight is 308 g/mol. The maximum atomic E-state index is 11.8. The summed E-state index contributed by atoms with van der Waals surface area (Å²) in [4.78, 5) is 23.4. The second kappa shape index (κ2) is 5.49. The van der Waals surface area contributed by atoms with E-state index in [0.29, 0.717) is 6.42 Å². The first-order valence-electron chi connectivity index (χ1n) is 6.69. The van der Waals surface area contributed by atoms with E-state index in [4.69, 9.17) is 27.9 Å². The molecule has 1 unspecified atom stereocenters. The number of carbonyl (C=O) groups excluding carboxylic acids is 2. The highest BCUT2D eigenvalue weighted by Crippen LogP contribution is 2.64. The van der Waals surface area contributed by atoms with Gasteiger partial charge in [0.2, 0.25) is 0 Å². The smallest absolute Gasteiger partial charge is 0.315 e. The zero-order valence-electron chi connectivity index (χ0n) is 11.0. The SMILES string of the molecule is CC1(C(=O)OCC(=O)NC2CCCCC2)CC1(Cl)Cl. The molecule has 0 aliphatic heterocycles. The van der Waals surface area contributed by atoms with Crippen molar-refractivity contribution < 1.29 is 14.3 Å². The minimum absolute atomic E-state index is 0.219. The van der Waals surface area contributed by atoms with Gasteiger partial charge in [0.1, 0.15) is 9.75 Å². The van der Waals surface area contributed by atoms with E-state index < -0.39 is 15.7 Å². The molecule has 6 heteroatoms. The molecule has 2 rings (SSSR count). The highest BCUT2D eigenvalue weighted by atomic mass is 35.5. The summed E-state index contributed by atoms with van der Waals surface area (Å²) in [6, 6.07) is 0.219. The molecule has 0 aromatic rings. The van der Waals surface area contributed by atoms with Gasteiger partial charge in [0.15, 0.2) is 6.61 Å². The summed E-state index contributed by atoms with van der Waals surface area (Å²) < 4.78 is 3.94. The normalized spacial score (nSPS) is 29.6. The van der Waals surface area contributed by atoms with E-state index in [-0.39, 0.29) is 18.6 Å². The molecule has 4 nitrogen and oxygen atoms in total. The average Bonchev–Trinajstić information content (AvgIpc) is 2.88. The van der Waals surface area contributed by atoms with Crippen molar-refractivity contribution in [3.63, 3.8) is 0 Å². The van der Waals surface area contributed by atoms with Crippen LogP contribution >= 0.6 is 23.2 Å². The van der Waals surface area contributed by atoms with Crippen LogP contribution in [0.25, 0.3) is 0 Å². The molecule has 0 heterocycles. The Labute approximate surface area is 123 Å². The molecule has 0 saturated heterocycles. The Bertz CT molecular complexity index is 380. The van der Waals surface area contributed by atoms with Crippen LogP contribution in [0.4, 0.5) is 0 Å². The van der Waals surface area contributed by atoms with E-state index in [1.54, 1.807) is 6.92 Å². The van der Waals surface area contributed by atoms with Crippen LogP contribution in [0.5, 0.6) is 0 Å². The summed E-state index contributed by atoms with van der Waals surface area (Å²) in [6.45, 7) is 1.39. The van der Waals surface area contributed by atoms with Crippen molar-refractivity contribution in [2.24, 2.45) is 5.41 Å². The number of hydrogen-bond donors (Lipinski definition) is 1. The van der Waals surface area contributed by atoms with Crippen molar-refractivity contribution in [1.82, 2.24) is 5.32 Å². The molecule has 2 aliphatic rings. The molecule has 19 heavy (non-hydrogen) atoms. The number of hydrogen-bond acceptors (Lipinski definition) is 3. The van der Waals surface area contributed by atoms with Crippen molar-refractivity contribution in [3.8, 4) is 0 Å². The van der Waals surface area contributed by atoms with E-state index in [1.807, 2.05) is 0 Å². The van der Waals surface area contributed by atoms with Crippen molar-refractivity contribution >= 4 is 35.1 Å². The molecule has 0 aromatic carbocycles. The van der Waals surface area contributed by atoms with E-state index in [9.17, 15) is 9.59 Å². The third-order valence-corrected chi connectivity index (χ3v) is 5.11. The third-order valence-electron chi connectivity index (χ3n) is 4.01. The maximum absolute atomic E-state index is 11.8. The predicted octanol–water partition coefficient (Wildman–Crippen LogP) is 2.56. The van der Waals surface area contributed by atoms with Crippen LogP contribution in [0.1, 0.15) is 45.4 Å². The Kier molecular flexibility index (Phi) is 4.31. The summed E-state index contributed by atoms with van der Waals surface area (Å²) in [5.74, 6) is -0.754. The Morgan fingerprint density at radius 3 is 2.37 bits per heavy atom. The predicted molar refractivity (Wildman–Crippen MR) is 73.1 cm³/mol. The Hall–Kier alpha value is -0.480. The van der Waals surface area contributed by atoms with Crippen molar-refractivity contribution in [2.75, 3.05) is 6.61 Å². The number of esters is 1. The van der Waals surface area contributed by atoms with Gasteiger partial charge < -0.3 is 10.1 Å². The minimum Gasteiger partial charge on any atom is -0.455 e. The summed E-state index contributed by atoms with van der Waals surface area (Å²) in [5, 5.41) is 2.88. The molecule has 1 N–H and O–H groups in total. The van der Waals surface area contributed by atoms with E-state index in [1.165, 1.54) is 6.42 Å². The number of rotatable bonds is 4. The molecule has 2 fully saturated rings. The largest absolute Gasteiger partial charge is 0.455 e. The van der Waals surface area contributed by atoms with Gasteiger partial charge in [-0.05, 0) is 19.8 Å². The molecule has 2 saturated carbocycles. The molecular formula is C13H19Cl2NO3. The number of halogens is 2. The van der Waals surface area contributed by atoms with Crippen LogP contribution in [-0.2, 0) is 14.3 Å². The van der Waals surface area contributed by atoms with Gasteiger partial charge in [-0.25, -0.2) is 0 Å². The van der Waals surface area contributed by atoms with Gasteiger partial charge in [-0.15, -0.1) is 23.2 Å². The van der Waals surface area contributed by atoms with Crippen molar-refractivity contribution in [1.29, 1.82) is 0 Å². The van der Waals surface area contributed by atoms with Crippen LogP contribution in [0.15, 0.2) is 0 Å². The lowest BCUT2D eigenvalue weighted by Gasteiger charge is -2.22. The molecule has 1 atom stereocenters. The van der Waals surface area contributed by atoms with Crippen LogP contribution < -0.4 is 5.32 Å². The summed E-state index contributed by atoms with van der Waals surface area (Å²) in [6.07, 6.45) is 5.89. The molecule has 108 valence electrons. The summed E-state index contributed by atoms with van der Waals surface area (Å²) in [5.41, 5.74) is -0.874. The number of ether oxygens (including phenoxy) is 1. The Balaban J connectivity index is 1.70. The molecule has 0 radical (unpaired) electrons. The molecule has 0 bridgehead atoms. The first-order valence-corrected chi connectivity index (χ1v) is 7.45. The summed E-state index contributed by atoms with van der Waals surface area (Å²) >= 11 is 11.8. The van der Waals surface area contributed by atoms with Crippen LogP contribution in [-0.4, -0.2) is 28.9 Å². The lowest BCUT2D eigenvalue weighted by atomic mass is 9.95. The molecule has 1 amide bonds. The molecule has 2 aliphatic carbocycles. The number of amides is 1. The fourth-order valence-corrected chi connectivity index (χ4v) is 3.12. The Morgan fingerprint density at radius 1 is 1.26 bits per heavy atom. The van der Waals surface area contributed by atoms with Gasteiger partial charge in [0.25, 0.3) is 5.91 Å². The molecule has 0 spiro atoms. The van der Waals surface area contributed by atoms with Crippen molar-refractivity contribution in [3.05, 3.63) is 0 Å². The second-order valence-corrected chi connectivity index (χ2v) is 7.18. The number of nitrogens with one attached hydrogen (secondary N) is 1. The van der Waals surface area contributed by atoms with Crippen LogP contribution in [0.3, 0.4) is 0 Å². The standard InChI is InChI=1S/C13H19Cl2NO3/c1-12(8-13(12,14)15)11(18)19-7-10(17)16-9-5-3-2-4-6-9/h9H,2-8H2,1H3,(H,16,17). The minimum atomic E-state index is -1.05. The van der Waals surface area contributed by atoms with Gasteiger partial charge in [-0.1, -0.05) is 19.3 Å². The van der Waals surface area contributed by atoms with Crippen LogP contribution in [0, 0.1) is 5.41 Å². The fraction of sp³-hybridized carbons (Fsp3) is 0.846. The Morgan fingerprint density at radius 2 is 1.84 bits per heavy atom. The highest BCUT2D eigenvalue weighted by molar-refractivity contribution is 6.53. The second-order valence-electron chi connectivity index (χ2n) is 5.69. The molecular weight excluding hydrogens is 289 g/mol. The van der Waals surface area contributed by atoms with Crippen LogP contribution in [0.2, 0.25) is 0 Å². The van der Waals surface area contributed by atoms with Gasteiger partial charge in [-0.3, -0.25) is 9.59 Å². The van der Waals surface area contributed by atoms with Gasteiger partial charge in [0.05, 0.1) is 0 Å². The van der Waals surface area contributed by atoms with Gasteiger partial charge in [-0.2, -0.15) is 0 Å². The summed E-state index contributed by atoms with van der Waals surface area (Å²) in [7, 11) is 0. The van der Waals surface area contributed by atoms with Gasteiger partial charge in [0, 0.05) is 12.5 Å². The van der Waals surface area contributed by atoms with Crippen molar-refractivity contribution in [2.45, 2.75) is 55.8 Å². The zero-order chi connectivity index (χ0) is 14.1. The number of alkyl halides is 2. The van der Waals surface area contributed by atoms with Gasteiger partial charge >= 0.3 is 5.97 Å². The first-order chi connectivity index (χ1) is 8.85. The maximum Gasteiger partial charge on any atom is 0.315 e. The fourth-order valence-electron chi connectivity index (χ4n) is 2.43. The third kappa shape index (κ3) is 3.34.